The van der Waals surface area contributed by atoms with Crippen molar-refractivity contribution < 1.29 is 14.3 Å². The average Bonchev–Trinajstić information content (AvgIpc) is 3.47. The van der Waals surface area contributed by atoms with E-state index >= 15 is 0 Å². The number of carbonyl (C=O) groups is 1. The maximum Gasteiger partial charge on any atom is 0.227 e. The highest BCUT2D eigenvalue weighted by molar-refractivity contribution is 6.32. The summed E-state index contributed by atoms with van der Waals surface area (Å²) in [5.41, 5.74) is 4.99. The number of hydrogen-bond acceptors (Lipinski definition) is 4. The van der Waals surface area contributed by atoms with Gasteiger partial charge >= 0.3 is 0 Å². The number of amides is 1. The molecule has 3 aromatic carbocycles. The summed E-state index contributed by atoms with van der Waals surface area (Å²) < 4.78 is 13.7. The Morgan fingerprint density at radius 1 is 1.00 bits per heavy atom. The Morgan fingerprint density at radius 3 is 2.57 bits per heavy atom. The lowest BCUT2D eigenvalue weighted by molar-refractivity contribution is -0.117. The average molecular weight is 518 g/mol. The van der Waals surface area contributed by atoms with Crippen LogP contribution in [0.4, 0.5) is 5.69 Å². The molecule has 2 heterocycles. The predicted molar refractivity (Wildman–Crippen MR) is 148 cm³/mol. The summed E-state index contributed by atoms with van der Waals surface area (Å²) in [4.78, 5) is 19.8. The highest BCUT2D eigenvalue weighted by Gasteiger charge is 2.35. The van der Waals surface area contributed by atoms with E-state index in [2.05, 4.69) is 10.6 Å². The Bertz CT molecular complexity index is 1410. The van der Waals surface area contributed by atoms with Gasteiger partial charge < -0.3 is 18.9 Å². The standard InChI is InChI=1S/C30H32ClN3O3/c1-20-15-25(16-21(2)29(20)31)37-14-7-6-13-33-27-12-5-4-11-26(27)32-30(33)22-17-28(35)34(19-22)23-9-8-10-24(18-23)36-3/h4-5,8-12,15-16,18,22H,6-7,13-14,17,19H2,1-3H3. The Hall–Kier alpha value is -3.51. The van der Waals surface area contributed by atoms with E-state index < -0.39 is 0 Å². The molecule has 0 saturated carbocycles. The topological polar surface area (TPSA) is 56.6 Å². The van der Waals surface area contributed by atoms with Crippen molar-refractivity contribution in [3.05, 3.63) is 82.6 Å². The molecule has 0 bridgehead atoms. The lowest BCUT2D eigenvalue weighted by Gasteiger charge is -2.18. The second-order valence-electron chi connectivity index (χ2n) is 9.64. The molecule has 1 atom stereocenters. The maximum atomic E-state index is 13.0. The van der Waals surface area contributed by atoms with Gasteiger partial charge in [0.1, 0.15) is 17.3 Å². The third kappa shape index (κ3) is 5.30. The summed E-state index contributed by atoms with van der Waals surface area (Å²) in [6.07, 6.45) is 2.30. The molecule has 1 aromatic heterocycles. The van der Waals surface area contributed by atoms with E-state index in [0.717, 1.165) is 69.6 Å². The first-order valence-corrected chi connectivity index (χ1v) is 13.1. The Labute approximate surface area is 222 Å². The van der Waals surface area contributed by atoms with E-state index in [0.29, 0.717) is 19.6 Å². The predicted octanol–water partition coefficient (Wildman–Crippen LogP) is 6.69. The largest absolute Gasteiger partial charge is 0.497 e. The molecule has 0 radical (unpaired) electrons. The minimum Gasteiger partial charge on any atom is -0.497 e. The fourth-order valence-electron chi connectivity index (χ4n) is 5.10. The van der Waals surface area contributed by atoms with E-state index in [9.17, 15) is 4.79 Å². The molecule has 1 saturated heterocycles. The summed E-state index contributed by atoms with van der Waals surface area (Å²) >= 11 is 6.28. The number of ether oxygens (including phenoxy) is 2. The molecule has 37 heavy (non-hydrogen) atoms. The number of imidazole rings is 1. The smallest absolute Gasteiger partial charge is 0.227 e. The summed E-state index contributed by atoms with van der Waals surface area (Å²) in [6, 6.07) is 19.8. The van der Waals surface area contributed by atoms with Crippen LogP contribution >= 0.6 is 11.6 Å². The van der Waals surface area contributed by atoms with Crippen molar-refractivity contribution in [1.82, 2.24) is 9.55 Å². The van der Waals surface area contributed by atoms with E-state index in [1.165, 1.54) is 0 Å². The summed E-state index contributed by atoms with van der Waals surface area (Å²) in [5, 5.41) is 0.794. The SMILES string of the molecule is COc1cccc(N2CC(c3nc4ccccc4n3CCCCOc3cc(C)c(Cl)c(C)c3)CC2=O)c1. The fraction of sp³-hybridized carbons (Fsp3) is 0.333. The lowest BCUT2D eigenvalue weighted by atomic mass is 10.1. The molecule has 1 aliphatic heterocycles. The van der Waals surface area contributed by atoms with E-state index in [4.69, 9.17) is 26.1 Å². The van der Waals surface area contributed by atoms with Gasteiger partial charge in [-0.1, -0.05) is 29.8 Å². The highest BCUT2D eigenvalue weighted by atomic mass is 35.5. The van der Waals surface area contributed by atoms with Gasteiger partial charge in [0, 0.05) is 42.2 Å². The van der Waals surface area contributed by atoms with Crippen molar-refractivity contribution >= 4 is 34.2 Å². The molecule has 4 aromatic rings. The second-order valence-corrected chi connectivity index (χ2v) is 10.0. The van der Waals surface area contributed by atoms with Gasteiger partial charge in [0.15, 0.2) is 0 Å². The number of methoxy groups -OCH3 is 1. The third-order valence-corrected chi connectivity index (χ3v) is 7.59. The molecule has 6 nitrogen and oxygen atoms in total. The minimum atomic E-state index is 0.0300. The maximum absolute atomic E-state index is 13.0. The molecule has 1 aliphatic rings. The monoisotopic (exact) mass is 517 g/mol. The van der Waals surface area contributed by atoms with Crippen LogP contribution in [0, 0.1) is 13.8 Å². The van der Waals surface area contributed by atoms with Crippen LogP contribution in [0.1, 0.15) is 42.1 Å². The Morgan fingerprint density at radius 2 is 1.78 bits per heavy atom. The first-order valence-electron chi connectivity index (χ1n) is 12.7. The molecular formula is C30H32ClN3O3. The third-order valence-electron chi connectivity index (χ3n) is 6.99. The molecule has 0 spiro atoms. The van der Waals surface area contributed by atoms with Crippen LogP contribution in [-0.4, -0.2) is 35.7 Å². The molecule has 1 fully saturated rings. The van der Waals surface area contributed by atoms with Crippen LogP contribution in [0.3, 0.4) is 0 Å². The molecule has 5 rings (SSSR count). The Balaban J connectivity index is 1.28. The second kappa shape index (κ2) is 10.9. The van der Waals surface area contributed by atoms with Gasteiger partial charge in [0.25, 0.3) is 0 Å². The lowest BCUT2D eigenvalue weighted by Crippen LogP contribution is -2.24. The van der Waals surface area contributed by atoms with Crippen molar-refractivity contribution in [2.45, 2.75) is 45.6 Å². The van der Waals surface area contributed by atoms with E-state index in [1.54, 1.807) is 7.11 Å². The van der Waals surface area contributed by atoms with Gasteiger partial charge in [-0.15, -0.1) is 0 Å². The van der Waals surface area contributed by atoms with Gasteiger partial charge in [-0.05, 0) is 74.2 Å². The van der Waals surface area contributed by atoms with Crippen molar-refractivity contribution in [3.8, 4) is 11.5 Å². The number of carbonyl (C=O) groups excluding carboxylic acids is 1. The van der Waals surface area contributed by atoms with Gasteiger partial charge in [-0.2, -0.15) is 0 Å². The van der Waals surface area contributed by atoms with Crippen molar-refractivity contribution in [3.63, 3.8) is 0 Å². The molecule has 0 aliphatic carbocycles. The van der Waals surface area contributed by atoms with Gasteiger partial charge in [0.2, 0.25) is 5.91 Å². The number of para-hydroxylation sites is 2. The molecule has 0 N–H and O–H groups in total. The molecule has 1 unspecified atom stereocenters. The van der Waals surface area contributed by atoms with Crippen LogP contribution in [0.25, 0.3) is 11.0 Å². The number of halogens is 1. The zero-order chi connectivity index (χ0) is 25.9. The van der Waals surface area contributed by atoms with E-state index in [-0.39, 0.29) is 11.8 Å². The van der Waals surface area contributed by atoms with Gasteiger partial charge in [0.05, 0.1) is 24.8 Å². The first-order chi connectivity index (χ1) is 17.9. The van der Waals surface area contributed by atoms with Crippen molar-refractivity contribution in [2.75, 3.05) is 25.2 Å². The van der Waals surface area contributed by atoms with Crippen LogP contribution < -0.4 is 14.4 Å². The summed E-state index contributed by atoms with van der Waals surface area (Å²) in [5.74, 6) is 2.72. The van der Waals surface area contributed by atoms with Crippen molar-refractivity contribution in [1.29, 1.82) is 0 Å². The van der Waals surface area contributed by atoms with Crippen molar-refractivity contribution in [2.24, 2.45) is 0 Å². The minimum absolute atomic E-state index is 0.0300. The first kappa shape index (κ1) is 25.2. The highest BCUT2D eigenvalue weighted by Crippen LogP contribution is 2.34. The van der Waals surface area contributed by atoms with Gasteiger partial charge in [-0.3, -0.25) is 4.79 Å². The number of hydrogen-bond donors (Lipinski definition) is 0. The van der Waals surface area contributed by atoms with E-state index in [1.807, 2.05) is 73.3 Å². The Kier molecular flexibility index (Phi) is 7.38. The molecular weight excluding hydrogens is 486 g/mol. The summed E-state index contributed by atoms with van der Waals surface area (Å²) in [6.45, 7) is 6.05. The zero-order valence-corrected chi connectivity index (χ0v) is 22.3. The number of anilines is 1. The zero-order valence-electron chi connectivity index (χ0n) is 21.5. The number of benzene rings is 3. The summed E-state index contributed by atoms with van der Waals surface area (Å²) in [7, 11) is 1.64. The van der Waals surface area contributed by atoms with Gasteiger partial charge in [-0.25, -0.2) is 4.98 Å². The molecule has 1 amide bonds. The van der Waals surface area contributed by atoms with Crippen LogP contribution in [-0.2, 0) is 11.3 Å². The quantitative estimate of drug-likeness (QED) is 0.232. The number of rotatable bonds is 9. The fourth-order valence-corrected chi connectivity index (χ4v) is 5.21. The normalized spacial score (nSPS) is 15.5. The number of aromatic nitrogens is 2. The number of nitrogens with zero attached hydrogens (tertiary/aromatic N) is 3. The number of aryl methyl sites for hydroxylation is 3. The molecule has 192 valence electrons. The molecule has 7 heteroatoms. The van der Waals surface area contributed by atoms with Crippen LogP contribution in [0.5, 0.6) is 11.5 Å². The number of fused-ring (bicyclic) bond motifs is 1. The van der Waals surface area contributed by atoms with Crippen LogP contribution in [0.2, 0.25) is 5.02 Å². The van der Waals surface area contributed by atoms with Crippen LogP contribution in [0.15, 0.2) is 60.7 Å². The number of unbranched alkanes of at least 4 members (excludes halogenated alkanes) is 1.